The van der Waals surface area contributed by atoms with Crippen molar-refractivity contribution in [1.82, 2.24) is 9.88 Å². The third-order valence-corrected chi connectivity index (χ3v) is 12.5. The first-order chi connectivity index (χ1) is 26.6. The Morgan fingerprint density at radius 1 is 0.857 bits per heavy atom. The second-order valence-corrected chi connectivity index (χ2v) is 16.8. The number of nitrogens with zero attached hydrogens (tertiary/aromatic N) is 1. The number of anilines is 1. The average Bonchev–Trinajstić information content (AvgIpc) is 3.47. The van der Waals surface area contributed by atoms with E-state index in [2.05, 4.69) is 85.2 Å². The number of ketones is 2. The van der Waals surface area contributed by atoms with Crippen molar-refractivity contribution in [1.29, 1.82) is 0 Å². The largest absolute Gasteiger partial charge is 0.457 e. The highest BCUT2D eigenvalue weighted by molar-refractivity contribution is 8.03. The van der Waals surface area contributed by atoms with E-state index in [4.69, 9.17) is 4.74 Å². The highest BCUT2D eigenvalue weighted by atomic mass is 32.2. The van der Waals surface area contributed by atoms with Gasteiger partial charge in [-0.3, -0.25) is 14.4 Å². The lowest BCUT2D eigenvalue weighted by Crippen LogP contribution is -2.35. The molecule has 2 N–H and O–H groups in total. The molecule has 2 aliphatic rings. The Balaban J connectivity index is 1.25. The maximum absolute atomic E-state index is 13.9. The molecule has 1 aliphatic carbocycles. The van der Waals surface area contributed by atoms with Crippen LogP contribution < -0.4 is 26.1 Å². The van der Waals surface area contributed by atoms with Gasteiger partial charge in [0.2, 0.25) is 5.91 Å². The molecule has 56 heavy (non-hydrogen) atoms. The molecule has 7 nitrogen and oxygen atoms in total. The number of thioether (sulfide) groups is 1. The smallest absolute Gasteiger partial charge is 0.225 e. The zero-order valence-corrected chi connectivity index (χ0v) is 34.6. The second kappa shape index (κ2) is 16.0. The van der Waals surface area contributed by atoms with Crippen LogP contribution in [0.5, 0.6) is 11.5 Å². The number of nitrogens with one attached hydrogen (secondary N) is 2. The molecule has 1 aromatic heterocycles. The number of Topliss-reactive ketones (excluding diaryl/α,β-unsaturated/α-hetero) is 2. The van der Waals surface area contributed by atoms with Crippen LogP contribution in [0.3, 0.4) is 0 Å². The van der Waals surface area contributed by atoms with E-state index in [-0.39, 0.29) is 23.9 Å². The Bertz CT molecular complexity index is 2410. The lowest BCUT2D eigenvalue weighted by atomic mass is 9.68. The molecular weight excluding hydrogens is 715 g/mol. The first-order valence-electron chi connectivity index (χ1n) is 19.3. The fourth-order valence-electron chi connectivity index (χ4n) is 8.57. The fourth-order valence-corrected chi connectivity index (χ4v) is 9.33. The molecule has 2 unspecified atom stereocenters. The number of carbonyl (C=O) groups is 3. The van der Waals surface area contributed by atoms with Gasteiger partial charge < -0.3 is 19.9 Å². The van der Waals surface area contributed by atoms with Gasteiger partial charge in [0.05, 0.1) is 5.03 Å². The molecule has 0 spiro atoms. The van der Waals surface area contributed by atoms with Gasteiger partial charge in [-0.05, 0) is 88.9 Å². The van der Waals surface area contributed by atoms with Gasteiger partial charge in [-0.1, -0.05) is 88.2 Å². The van der Waals surface area contributed by atoms with Crippen molar-refractivity contribution in [3.63, 3.8) is 0 Å². The summed E-state index contributed by atoms with van der Waals surface area (Å²) in [7, 11) is 0. The minimum Gasteiger partial charge on any atom is -0.457 e. The third kappa shape index (κ3) is 7.59. The van der Waals surface area contributed by atoms with Crippen molar-refractivity contribution in [2.24, 2.45) is 5.41 Å². The molecule has 290 valence electrons. The summed E-state index contributed by atoms with van der Waals surface area (Å²) in [6.45, 7) is 27.5. The number of aromatic nitrogens is 1. The highest BCUT2D eigenvalue weighted by Gasteiger charge is 2.42. The van der Waals surface area contributed by atoms with Crippen molar-refractivity contribution in [3.8, 4) is 11.5 Å². The van der Waals surface area contributed by atoms with E-state index in [1.807, 2.05) is 50.2 Å². The number of aryl methyl sites for hydroxylation is 1. The molecule has 0 saturated heterocycles. The number of allylic oxidation sites excluding steroid dienone is 4. The molecule has 8 heteroatoms. The van der Waals surface area contributed by atoms with Crippen LogP contribution in [0.1, 0.15) is 89.5 Å². The van der Waals surface area contributed by atoms with Gasteiger partial charge in [-0.2, -0.15) is 0 Å². The highest BCUT2D eigenvalue weighted by Crippen LogP contribution is 2.53. The second-order valence-electron chi connectivity index (χ2n) is 15.6. The standard InChI is InChI=1S/C48H53N3O4S/c1-11-23-47(9,44-34(7)45(53)32(5)33(6)46(44)54)28-43(52)50-36-19-21-39-41(26-36)55-42-27-37(20-22-40(42)48(39,10)38-16-13-12-15-29(38)2)56-35(8)49-24-14-25-51-30(3)17-18-31(51)4/h12-13,15-22,26-27,49H,3-4,8,11,14,23-25,28H2,1-2,5-7,9-10H3,(H,50,52). The van der Waals surface area contributed by atoms with Gasteiger partial charge in [0.25, 0.3) is 0 Å². The zero-order chi connectivity index (χ0) is 40.5. The Hall–Kier alpha value is -5.34. The Kier molecular flexibility index (Phi) is 11.5. The molecule has 2 heterocycles. The van der Waals surface area contributed by atoms with Gasteiger partial charge in [-0.15, -0.1) is 0 Å². The first kappa shape index (κ1) is 40.3. The van der Waals surface area contributed by atoms with E-state index in [1.165, 1.54) is 0 Å². The number of ether oxygens (including phenoxy) is 1. The van der Waals surface area contributed by atoms with Crippen molar-refractivity contribution >= 4 is 48.1 Å². The SMILES string of the molecule is C=C(NCCCn1c(=C)ccc1=C)Sc1ccc2c(c1)Oc1cc(NC(=O)CC(C)(CCC)C3=C(C)C(=O)C(C)=C(C)C3=O)ccc1C2(C)c1ccccc1C. The van der Waals surface area contributed by atoms with Gasteiger partial charge in [0.1, 0.15) is 11.5 Å². The average molecular weight is 768 g/mol. The van der Waals surface area contributed by atoms with Crippen LogP contribution in [-0.4, -0.2) is 28.6 Å². The molecule has 3 aromatic carbocycles. The van der Waals surface area contributed by atoms with Gasteiger partial charge >= 0.3 is 0 Å². The predicted molar refractivity (Wildman–Crippen MR) is 229 cm³/mol. The summed E-state index contributed by atoms with van der Waals surface area (Å²) in [5, 5.41) is 9.32. The minimum absolute atomic E-state index is 0.0547. The van der Waals surface area contributed by atoms with Crippen LogP contribution >= 0.6 is 11.8 Å². The number of amides is 1. The molecule has 6 rings (SSSR count). The quantitative estimate of drug-likeness (QED) is 0.0756. The van der Waals surface area contributed by atoms with Gasteiger partial charge in [-0.25, -0.2) is 0 Å². The molecule has 1 amide bonds. The number of fused-ring (bicyclic) bond motifs is 2. The molecular formula is C48H53N3O4S. The van der Waals surface area contributed by atoms with Gasteiger partial charge in [0.15, 0.2) is 11.6 Å². The molecule has 4 aromatic rings. The van der Waals surface area contributed by atoms with E-state index in [1.54, 1.807) is 32.5 Å². The summed E-state index contributed by atoms with van der Waals surface area (Å²) in [6, 6.07) is 24.6. The van der Waals surface area contributed by atoms with E-state index < -0.39 is 10.8 Å². The summed E-state index contributed by atoms with van der Waals surface area (Å²) in [5.41, 5.74) is 5.40. The van der Waals surface area contributed by atoms with Crippen LogP contribution in [0.25, 0.3) is 13.2 Å². The van der Waals surface area contributed by atoms with Crippen molar-refractivity contribution in [2.45, 2.75) is 91.0 Å². The van der Waals surface area contributed by atoms with Crippen LogP contribution in [0, 0.1) is 12.3 Å². The number of carbonyl (C=O) groups excluding carboxylic acids is 3. The Labute approximate surface area is 335 Å². The van der Waals surface area contributed by atoms with E-state index in [9.17, 15) is 14.4 Å². The van der Waals surface area contributed by atoms with E-state index in [0.717, 1.165) is 74.6 Å². The third-order valence-electron chi connectivity index (χ3n) is 11.6. The maximum Gasteiger partial charge on any atom is 0.225 e. The first-order valence-corrected chi connectivity index (χ1v) is 20.2. The number of benzene rings is 3. The van der Waals surface area contributed by atoms with E-state index in [0.29, 0.717) is 40.2 Å². The number of hydrogen-bond acceptors (Lipinski definition) is 6. The van der Waals surface area contributed by atoms with Gasteiger partial charge in [0, 0.05) is 91.1 Å². The zero-order valence-electron chi connectivity index (χ0n) is 33.8. The van der Waals surface area contributed by atoms with Crippen LogP contribution in [0.2, 0.25) is 0 Å². The molecule has 0 bridgehead atoms. The lowest BCUT2D eigenvalue weighted by molar-refractivity contribution is -0.119. The minimum atomic E-state index is -0.812. The summed E-state index contributed by atoms with van der Waals surface area (Å²) >= 11 is 1.56. The fraction of sp³-hybridized carbons (Fsp3) is 0.312. The summed E-state index contributed by atoms with van der Waals surface area (Å²) < 4.78 is 8.83. The number of rotatable bonds is 14. The predicted octanol–water partition coefficient (Wildman–Crippen LogP) is 9.26. The lowest BCUT2D eigenvalue weighted by Gasteiger charge is -2.39. The summed E-state index contributed by atoms with van der Waals surface area (Å²) in [6.07, 6.45) is 2.29. The van der Waals surface area contributed by atoms with Crippen molar-refractivity contribution in [3.05, 3.63) is 140 Å². The normalized spacial score (nSPS) is 17.6. The Morgan fingerprint density at radius 3 is 2.18 bits per heavy atom. The van der Waals surface area contributed by atoms with Crippen molar-refractivity contribution < 1.29 is 19.1 Å². The van der Waals surface area contributed by atoms with Crippen LogP contribution in [0.4, 0.5) is 5.69 Å². The topological polar surface area (TPSA) is 89.4 Å². The van der Waals surface area contributed by atoms with Crippen molar-refractivity contribution in [2.75, 3.05) is 11.9 Å². The molecule has 2 atom stereocenters. The van der Waals surface area contributed by atoms with Crippen LogP contribution in [-0.2, 0) is 26.3 Å². The molecule has 0 fully saturated rings. The van der Waals surface area contributed by atoms with Crippen LogP contribution in [0.15, 0.2) is 112 Å². The maximum atomic E-state index is 13.9. The molecule has 0 radical (unpaired) electrons. The molecule has 1 aliphatic heterocycles. The van der Waals surface area contributed by atoms with E-state index >= 15 is 0 Å². The molecule has 0 saturated carbocycles. The summed E-state index contributed by atoms with van der Waals surface area (Å²) in [4.78, 5) is 41.6. The Morgan fingerprint density at radius 2 is 1.50 bits per heavy atom. The monoisotopic (exact) mass is 767 g/mol. The summed E-state index contributed by atoms with van der Waals surface area (Å²) in [5.74, 6) is 0.875. The number of hydrogen-bond donors (Lipinski definition) is 2.